The maximum absolute atomic E-state index is 13.8. The summed E-state index contributed by atoms with van der Waals surface area (Å²) in [6, 6.07) is 22.7. The van der Waals surface area contributed by atoms with Crippen molar-refractivity contribution >= 4 is 22.2 Å². The molecule has 6 rings (SSSR count). The van der Waals surface area contributed by atoms with E-state index < -0.39 is 6.04 Å². The van der Waals surface area contributed by atoms with Gasteiger partial charge in [-0.1, -0.05) is 67.8 Å². The van der Waals surface area contributed by atoms with Crippen molar-refractivity contribution in [2.75, 3.05) is 0 Å². The van der Waals surface area contributed by atoms with E-state index in [4.69, 9.17) is 0 Å². The number of hydrogen-bond donors (Lipinski definition) is 1. The molecule has 1 fully saturated rings. The van der Waals surface area contributed by atoms with E-state index in [1.54, 1.807) is 11.3 Å². The van der Waals surface area contributed by atoms with Gasteiger partial charge in [0.25, 0.3) is 5.56 Å². The van der Waals surface area contributed by atoms with Gasteiger partial charge in [-0.05, 0) is 70.3 Å². The topological polar surface area (TPSA) is 79.7 Å². The van der Waals surface area contributed by atoms with Crippen LogP contribution in [-0.4, -0.2) is 30.1 Å². The number of aryl methyl sites for hydroxylation is 1. The first-order valence-corrected chi connectivity index (χ1v) is 14.3. The number of H-pyrrole nitrogens is 1. The number of nitrogens with one attached hydrogen (secondary N) is 1. The Morgan fingerprint density at radius 3 is 2.66 bits per heavy atom. The average Bonchev–Trinajstić information content (AvgIpc) is 3.63. The van der Waals surface area contributed by atoms with Crippen LogP contribution in [0.5, 0.6) is 0 Å². The molecule has 1 aliphatic carbocycles. The Morgan fingerprint density at radius 2 is 1.87 bits per heavy atom. The van der Waals surface area contributed by atoms with Gasteiger partial charge in [-0.25, -0.2) is 4.68 Å². The van der Waals surface area contributed by atoms with Crippen molar-refractivity contribution in [3.8, 4) is 0 Å². The van der Waals surface area contributed by atoms with Crippen LogP contribution in [0.3, 0.4) is 0 Å². The second kappa shape index (κ2) is 11.0. The lowest BCUT2D eigenvalue weighted by Crippen LogP contribution is -2.35. The van der Waals surface area contributed by atoms with Gasteiger partial charge < -0.3 is 4.98 Å². The van der Waals surface area contributed by atoms with Gasteiger partial charge in [0.15, 0.2) is 5.82 Å². The van der Waals surface area contributed by atoms with Crippen molar-refractivity contribution in [1.29, 1.82) is 0 Å². The molecule has 3 aromatic heterocycles. The number of thiophene rings is 1. The third-order valence-corrected chi connectivity index (χ3v) is 8.40. The summed E-state index contributed by atoms with van der Waals surface area (Å²) in [5, 5.41) is 16.4. The molecule has 1 aliphatic rings. The van der Waals surface area contributed by atoms with Crippen LogP contribution in [0.1, 0.15) is 71.6 Å². The highest BCUT2D eigenvalue weighted by Crippen LogP contribution is 2.35. The lowest BCUT2D eigenvalue weighted by atomic mass is 9.95. The first-order valence-electron chi connectivity index (χ1n) is 13.4. The predicted molar refractivity (Wildman–Crippen MR) is 151 cm³/mol. The van der Waals surface area contributed by atoms with Crippen molar-refractivity contribution in [1.82, 2.24) is 30.1 Å². The van der Waals surface area contributed by atoms with Crippen molar-refractivity contribution in [2.24, 2.45) is 0 Å². The molecule has 0 bridgehead atoms. The minimum absolute atomic E-state index is 0.101. The number of hydrogen-bond acceptors (Lipinski definition) is 6. The minimum atomic E-state index is -0.413. The van der Waals surface area contributed by atoms with Gasteiger partial charge in [0.2, 0.25) is 0 Å². The molecule has 2 aromatic carbocycles. The Morgan fingerprint density at radius 1 is 1.03 bits per heavy atom. The van der Waals surface area contributed by atoms with E-state index >= 15 is 0 Å². The molecule has 0 radical (unpaired) electrons. The molecule has 0 aliphatic heterocycles. The monoisotopic (exact) mass is 524 g/mol. The average molecular weight is 525 g/mol. The van der Waals surface area contributed by atoms with Crippen LogP contribution >= 0.6 is 11.3 Å². The summed E-state index contributed by atoms with van der Waals surface area (Å²) in [5.41, 5.74) is 3.70. The number of aromatic amines is 1. The Balaban J connectivity index is 1.52. The van der Waals surface area contributed by atoms with E-state index in [-0.39, 0.29) is 11.6 Å². The maximum atomic E-state index is 13.8. The molecule has 0 amide bonds. The molecule has 194 valence electrons. The molecule has 1 saturated carbocycles. The van der Waals surface area contributed by atoms with Crippen molar-refractivity contribution in [2.45, 2.75) is 64.2 Å². The second-order valence-electron chi connectivity index (χ2n) is 10.3. The number of nitrogens with zero attached hydrogens (tertiary/aromatic N) is 5. The quantitative estimate of drug-likeness (QED) is 0.262. The molecule has 8 heteroatoms. The lowest BCUT2D eigenvalue weighted by Gasteiger charge is -2.32. The molecule has 0 spiro atoms. The zero-order valence-electron chi connectivity index (χ0n) is 21.6. The van der Waals surface area contributed by atoms with Gasteiger partial charge >= 0.3 is 0 Å². The number of rotatable bonds is 8. The van der Waals surface area contributed by atoms with Crippen LogP contribution in [0.25, 0.3) is 10.9 Å². The summed E-state index contributed by atoms with van der Waals surface area (Å²) in [4.78, 5) is 20.5. The Kier molecular flexibility index (Phi) is 7.16. The molecular formula is C30H32N6OS. The summed E-state index contributed by atoms with van der Waals surface area (Å²) in [7, 11) is 0. The molecule has 38 heavy (non-hydrogen) atoms. The number of fused-ring (bicyclic) bond motifs is 1. The predicted octanol–water partition coefficient (Wildman–Crippen LogP) is 6.18. The van der Waals surface area contributed by atoms with Crippen molar-refractivity contribution in [3.05, 3.63) is 110 Å². The summed E-state index contributed by atoms with van der Waals surface area (Å²) in [6.07, 6.45) is 5.71. The first-order chi connectivity index (χ1) is 18.7. The molecule has 1 unspecified atom stereocenters. The van der Waals surface area contributed by atoms with Gasteiger partial charge in [-0.15, -0.1) is 16.4 Å². The zero-order valence-corrected chi connectivity index (χ0v) is 22.4. The Hall–Kier alpha value is -3.62. The van der Waals surface area contributed by atoms with E-state index in [0.29, 0.717) is 18.7 Å². The van der Waals surface area contributed by atoms with Crippen molar-refractivity contribution in [3.63, 3.8) is 0 Å². The summed E-state index contributed by atoms with van der Waals surface area (Å²) in [6.45, 7) is 3.38. The number of aromatic nitrogens is 5. The summed E-state index contributed by atoms with van der Waals surface area (Å²) >= 11 is 1.73. The van der Waals surface area contributed by atoms with Gasteiger partial charge in [0, 0.05) is 29.0 Å². The molecule has 1 atom stereocenters. The molecule has 7 nitrogen and oxygen atoms in total. The third-order valence-electron chi connectivity index (χ3n) is 7.54. The molecule has 3 heterocycles. The highest BCUT2D eigenvalue weighted by molar-refractivity contribution is 7.09. The summed E-state index contributed by atoms with van der Waals surface area (Å²) in [5.74, 6) is 0.737. The highest BCUT2D eigenvalue weighted by atomic mass is 32.1. The highest BCUT2D eigenvalue weighted by Gasteiger charge is 2.33. The van der Waals surface area contributed by atoms with Gasteiger partial charge in [0.1, 0.15) is 6.04 Å². The smallest absolute Gasteiger partial charge is 0.253 e. The van der Waals surface area contributed by atoms with Gasteiger partial charge in [-0.2, -0.15) is 0 Å². The van der Waals surface area contributed by atoms with E-state index in [0.717, 1.165) is 35.1 Å². The van der Waals surface area contributed by atoms with Gasteiger partial charge in [-0.3, -0.25) is 9.69 Å². The van der Waals surface area contributed by atoms with Crippen LogP contribution in [0.4, 0.5) is 0 Å². The Labute approximate surface area is 226 Å². The SMILES string of the molecule is Cc1ccc2cc(C(c3nnnn3C3CCCCC3)N(Cc3ccccc3)Cc3cccs3)c(=O)[nH]c2c1. The van der Waals surface area contributed by atoms with Gasteiger partial charge in [0.05, 0.1) is 6.04 Å². The van der Waals surface area contributed by atoms with E-state index in [1.807, 2.05) is 29.8 Å². The minimum Gasteiger partial charge on any atom is -0.322 e. The van der Waals surface area contributed by atoms with Crippen LogP contribution in [0.2, 0.25) is 0 Å². The van der Waals surface area contributed by atoms with Crippen LogP contribution < -0.4 is 5.56 Å². The first kappa shape index (κ1) is 24.7. The summed E-state index contributed by atoms with van der Waals surface area (Å²) < 4.78 is 2.01. The molecule has 0 saturated heterocycles. The lowest BCUT2D eigenvalue weighted by molar-refractivity contribution is 0.188. The standard InChI is InChI=1S/C30H32N6OS/c1-21-14-15-23-18-26(30(37)31-27(23)17-21)28(29-32-33-34-36(29)24-11-6-3-7-12-24)35(20-25-13-8-16-38-25)19-22-9-4-2-5-10-22/h2,4-5,8-10,13-18,24,28H,3,6-7,11-12,19-20H2,1H3,(H,31,37). The van der Waals surface area contributed by atoms with E-state index in [9.17, 15) is 4.79 Å². The van der Waals surface area contributed by atoms with Crippen LogP contribution in [-0.2, 0) is 13.1 Å². The molecular weight excluding hydrogens is 492 g/mol. The van der Waals surface area contributed by atoms with Crippen molar-refractivity contribution < 1.29 is 0 Å². The third kappa shape index (κ3) is 5.19. The fraction of sp³-hybridized carbons (Fsp3) is 0.333. The number of pyridine rings is 1. The molecule has 5 aromatic rings. The van der Waals surface area contributed by atoms with Crippen LogP contribution in [0, 0.1) is 6.92 Å². The maximum Gasteiger partial charge on any atom is 0.253 e. The largest absolute Gasteiger partial charge is 0.322 e. The normalized spacial score (nSPS) is 15.3. The molecule has 1 N–H and O–H groups in total. The second-order valence-corrected chi connectivity index (χ2v) is 11.3. The Bertz CT molecular complexity index is 1550. The van der Waals surface area contributed by atoms with E-state index in [1.165, 1.54) is 29.7 Å². The number of benzene rings is 2. The number of tetrazole rings is 1. The fourth-order valence-electron chi connectivity index (χ4n) is 5.66. The van der Waals surface area contributed by atoms with E-state index in [2.05, 4.69) is 79.3 Å². The van der Waals surface area contributed by atoms with Crippen LogP contribution in [0.15, 0.2) is 76.9 Å². The zero-order chi connectivity index (χ0) is 25.9. The fourth-order valence-corrected chi connectivity index (χ4v) is 6.39.